The van der Waals surface area contributed by atoms with E-state index in [4.69, 9.17) is 5.73 Å². The van der Waals surface area contributed by atoms with Gasteiger partial charge in [0.2, 0.25) is 5.91 Å². The van der Waals surface area contributed by atoms with E-state index >= 15 is 0 Å². The first-order valence-corrected chi connectivity index (χ1v) is 6.88. The molecule has 1 heterocycles. The van der Waals surface area contributed by atoms with Gasteiger partial charge in [-0.25, -0.2) is 0 Å². The molecule has 3 heteroatoms. The topological polar surface area (TPSA) is 46.3 Å². The summed E-state index contributed by atoms with van der Waals surface area (Å²) in [5.41, 5.74) is 5.92. The number of carbonyl (C=O) groups excluding carboxylic acids is 1. The van der Waals surface area contributed by atoms with Crippen LogP contribution in [0.1, 0.15) is 46.5 Å². The van der Waals surface area contributed by atoms with Crippen molar-refractivity contribution in [1.82, 2.24) is 4.90 Å². The predicted molar refractivity (Wildman–Crippen MR) is 69.5 cm³/mol. The second kappa shape index (κ2) is 4.27. The first kappa shape index (κ1) is 12.9. The molecule has 17 heavy (non-hydrogen) atoms. The molecule has 0 aromatic rings. The Morgan fingerprint density at radius 3 is 2.53 bits per heavy atom. The lowest BCUT2D eigenvalue weighted by Crippen LogP contribution is -2.57. The van der Waals surface area contributed by atoms with E-state index in [0.29, 0.717) is 18.4 Å². The van der Waals surface area contributed by atoms with E-state index in [2.05, 4.69) is 25.7 Å². The Labute approximate surface area is 105 Å². The Bertz CT molecular complexity index is 305. The summed E-state index contributed by atoms with van der Waals surface area (Å²) in [6.45, 7) is 9.07. The quantitative estimate of drug-likeness (QED) is 0.800. The van der Waals surface area contributed by atoms with Crippen LogP contribution >= 0.6 is 0 Å². The zero-order chi connectivity index (χ0) is 12.7. The minimum atomic E-state index is -0.215. The van der Waals surface area contributed by atoms with Gasteiger partial charge in [0, 0.05) is 19.6 Å². The van der Waals surface area contributed by atoms with Gasteiger partial charge in [-0.05, 0) is 37.0 Å². The fourth-order valence-corrected chi connectivity index (χ4v) is 3.63. The van der Waals surface area contributed by atoms with Crippen LogP contribution in [0.5, 0.6) is 0 Å². The molecule has 1 amide bonds. The van der Waals surface area contributed by atoms with Crippen molar-refractivity contribution < 1.29 is 4.79 Å². The van der Waals surface area contributed by atoms with Crippen LogP contribution in [0.3, 0.4) is 0 Å². The van der Waals surface area contributed by atoms with Crippen LogP contribution in [-0.4, -0.2) is 30.4 Å². The molecular formula is C14H26N2O. The molecule has 2 N–H and O–H groups in total. The molecule has 2 aliphatic rings. The Morgan fingerprint density at radius 1 is 1.41 bits per heavy atom. The van der Waals surface area contributed by atoms with Crippen molar-refractivity contribution >= 4 is 5.91 Å². The second-order valence-electron chi connectivity index (χ2n) is 6.99. The molecule has 0 spiro atoms. The van der Waals surface area contributed by atoms with E-state index < -0.39 is 0 Å². The second-order valence-corrected chi connectivity index (χ2v) is 6.99. The summed E-state index contributed by atoms with van der Waals surface area (Å²) in [7, 11) is 0. The van der Waals surface area contributed by atoms with Gasteiger partial charge < -0.3 is 10.6 Å². The molecule has 0 unspecified atom stereocenters. The standard InChI is InChI=1S/C14H26N2O/c1-11-7-14(8-11,9-15)12(17)16-6-4-5-13(2,3)10-16/h11H,4-10,15H2,1-3H3. The molecule has 0 bridgehead atoms. The molecule has 1 saturated carbocycles. The molecule has 3 nitrogen and oxygen atoms in total. The van der Waals surface area contributed by atoms with Crippen LogP contribution in [0.15, 0.2) is 0 Å². The van der Waals surface area contributed by atoms with Crippen molar-refractivity contribution in [2.75, 3.05) is 19.6 Å². The molecule has 1 saturated heterocycles. The molecule has 2 rings (SSSR count). The largest absolute Gasteiger partial charge is 0.342 e. The molecule has 98 valence electrons. The van der Waals surface area contributed by atoms with Crippen molar-refractivity contribution in [3.63, 3.8) is 0 Å². The average molecular weight is 238 g/mol. The number of hydrogen-bond acceptors (Lipinski definition) is 2. The number of nitrogens with two attached hydrogens (primary N) is 1. The number of piperidine rings is 1. The van der Waals surface area contributed by atoms with Crippen molar-refractivity contribution in [3.05, 3.63) is 0 Å². The van der Waals surface area contributed by atoms with Crippen LogP contribution in [0, 0.1) is 16.7 Å². The number of rotatable bonds is 2. The molecule has 0 atom stereocenters. The number of carbonyl (C=O) groups is 1. The lowest BCUT2D eigenvalue weighted by atomic mass is 9.61. The maximum atomic E-state index is 12.6. The summed E-state index contributed by atoms with van der Waals surface area (Å²) in [5, 5.41) is 0. The minimum Gasteiger partial charge on any atom is -0.342 e. The van der Waals surface area contributed by atoms with Crippen LogP contribution in [0.25, 0.3) is 0 Å². The molecule has 0 aromatic heterocycles. The molecule has 2 fully saturated rings. The van der Waals surface area contributed by atoms with Gasteiger partial charge in [-0.15, -0.1) is 0 Å². The number of amides is 1. The summed E-state index contributed by atoms with van der Waals surface area (Å²) in [6.07, 6.45) is 4.33. The Morgan fingerprint density at radius 2 is 2.06 bits per heavy atom. The van der Waals surface area contributed by atoms with E-state index in [1.54, 1.807) is 0 Å². The average Bonchev–Trinajstić information content (AvgIpc) is 2.22. The van der Waals surface area contributed by atoms with Crippen LogP contribution in [-0.2, 0) is 4.79 Å². The fourth-order valence-electron chi connectivity index (χ4n) is 3.63. The Kier molecular flexibility index (Phi) is 3.23. The van der Waals surface area contributed by atoms with Crippen molar-refractivity contribution in [2.45, 2.75) is 46.5 Å². The van der Waals surface area contributed by atoms with Gasteiger partial charge >= 0.3 is 0 Å². The van der Waals surface area contributed by atoms with E-state index in [1.165, 1.54) is 6.42 Å². The third kappa shape index (κ3) is 2.35. The summed E-state index contributed by atoms with van der Waals surface area (Å²) < 4.78 is 0. The van der Waals surface area contributed by atoms with Crippen LogP contribution in [0.2, 0.25) is 0 Å². The molecule has 0 aromatic carbocycles. The highest BCUT2D eigenvalue weighted by atomic mass is 16.2. The predicted octanol–water partition coefficient (Wildman–Crippen LogP) is 2.01. The third-order valence-electron chi connectivity index (χ3n) is 4.51. The maximum Gasteiger partial charge on any atom is 0.230 e. The maximum absolute atomic E-state index is 12.6. The van der Waals surface area contributed by atoms with Gasteiger partial charge in [-0.3, -0.25) is 4.79 Å². The highest BCUT2D eigenvalue weighted by Crippen LogP contribution is 2.46. The van der Waals surface area contributed by atoms with Gasteiger partial charge in [0.1, 0.15) is 0 Å². The van der Waals surface area contributed by atoms with E-state index in [-0.39, 0.29) is 10.8 Å². The third-order valence-corrected chi connectivity index (χ3v) is 4.51. The van der Waals surface area contributed by atoms with E-state index in [0.717, 1.165) is 32.4 Å². The van der Waals surface area contributed by atoms with Gasteiger partial charge in [0.15, 0.2) is 0 Å². The summed E-state index contributed by atoms with van der Waals surface area (Å²) >= 11 is 0. The Balaban J connectivity index is 2.04. The number of nitrogens with zero attached hydrogens (tertiary/aromatic N) is 1. The number of likely N-dealkylation sites (tertiary alicyclic amines) is 1. The first-order chi connectivity index (χ1) is 7.88. The van der Waals surface area contributed by atoms with Gasteiger partial charge in [-0.2, -0.15) is 0 Å². The Hall–Kier alpha value is -0.570. The molecular weight excluding hydrogens is 212 g/mol. The SMILES string of the molecule is CC1CC(CN)(C(=O)N2CCCC(C)(C)C2)C1. The fraction of sp³-hybridized carbons (Fsp3) is 0.929. The molecule has 1 aliphatic carbocycles. The normalized spacial score (nSPS) is 36.5. The van der Waals surface area contributed by atoms with E-state index in [1.807, 2.05) is 0 Å². The summed E-state index contributed by atoms with van der Waals surface area (Å²) in [4.78, 5) is 14.7. The van der Waals surface area contributed by atoms with Gasteiger partial charge in [-0.1, -0.05) is 20.8 Å². The smallest absolute Gasteiger partial charge is 0.230 e. The highest BCUT2D eigenvalue weighted by molar-refractivity contribution is 5.84. The van der Waals surface area contributed by atoms with Crippen molar-refractivity contribution in [1.29, 1.82) is 0 Å². The zero-order valence-corrected chi connectivity index (χ0v) is 11.5. The lowest BCUT2D eigenvalue weighted by molar-refractivity contribution is -0.152. The molecule has 1 aliphatic heterocycles. The monoisotopic (exact) mass is 238 g/mol. The van der Waals surface area contributed by atoms with Gasteiger partial charge in [0.05, 0.1) is 5.41 Å². The summed E-state index contributed by atoms with van der Waals surface area (Å²) in [5.74, 6) is 0.992. The minimum absolute atomic E-state index is 0.215. The summed E-state index contributed by atoms with van der Waals surface area (Å²) in [6, 6.07) is 0. The van der Waals surface area contributed by atoms with Crippen molar-refractivity contribution in [3.8, 4) is 0 Å². The van der Waals surface area contributed by atoms with Crippen molar-refractivity contribution in [2.24, 2.45) is 22.5 Å². The van der Waals surface area contributed by atoms with Crippen LogP contribution in [0.4, 0.5) is 0 Å². The van der Waals surface area contributed by atoms with E-state index in [9.17, 15) is 4.79 Å². The highest BCUT2D eigenvalue weighted by Gasteiger charge is 2.49. The first-order valence-electron chi connectivity index (χ1n) is 6.88. The zero-order valence-electron chi connectivity index (χ0n) is 11.5. The molecule has 0 radical (unpaired) electrons. The number of hydrogen-bond donors (Lipinski definition) is 1. The van der Waals surface area contributed by atoms with Gasteiger partial charge in [0.25, 0.3) is 0 Å². The van der Waals surface area contributed by atoms with Crippen LogP contribution < -0.4 is 5.73 Å². The lowest BCUT2D eigenvalue weighted by Gasteiger charge is -2.49.